The second-order valence-electron chi connectivity index (χ2n) is 8.90. The van der Waals surface area contributed by atoms with E-state index in [1.165, 1.54) is 21.3 Å². The number of carbonyl (C=O) groups is 1. The van der Waals surface area contributed by atoms with Crippen LogP contribution in [-0.2, 0) is 24.8 Å². The zero-order valence-corrected chi connectivity index (χ0v) is 22.9. The predicted molar refractivity (Wildman–Crippen MR) is 144 cm³/mol. The zero-order chi connectivity index (χ0) is 26.8. The Morgan fingerprint density at radius 3 is 1.76 bits per heavy atom. The summed E-state index contributed by atoms with van der Waals surface area (Å²) in [5, 5.41) is 0.439. The number of anilines is 1. The smallest absolute Gasteiger partial charge is 0.264 e. The highest BCUT2D eigenvalue weighted by atomic mass is 35.5. The first-order chi connectivity index (χ1) is 17.5. The van der Waals surface area contributed by atoms with Crippen molar-refractivity contribution in [3.63, 3.8) is 0 Å². The van der Waals surface area contributed by atoms with Crippen LogP contribution in [0.5, 0.6) is 0 Å². The van der Waals surface area contributed by atoms with Crippen LogP contribution < -0.4 is 4.31 Å². The summed E-state index contributed by atoms with van der Waals surface area (Å²) in [5.74, 6) is -0.418. The highest BCUT2D eigenvalue weighted by Crippen LogP contribution is 2.26. The van der Waals surface area contributed by atoms with E-state index in [-0.39, 0.29) is 36.0 Å². The number of halogens is 1. The third-order valence-electron chi connectivity index (χ3n) is 6.25. The zero-order valence-electron chi connectivity index (χ0n) is 20.5. The Morgan fingerprint density at radius 1 is 0.757 bits per heavy atom. The maximum atomic E-state index is 13.5. The van der Waals surface area contributed by atoms with Crippen molar-refractivity contribution in [3.8, 4) is 0 Å². The molecule has 37 heavy (non-hydrogen) atoms. The SMILES string of the molecule is Cc1ccc(S(=O)(=O)N2CCN(C(=O)CN(c3ccc(Cl)cc3)S(=O)(=O)c3ccc(C)cc3)CC2)cc1. The summed E-state index contributed by atoms with van der Waals surface area (Å²) in [6.07, 6.45) is 0. The molecule has 1 fully saturated rings. The van der Waals surface area contributed by atoms with Gasteiger partial charge < -0.3 is 4.90 Å². The summed E-state index contributed by atoms with van der Waals surface area (Å²) < 4.78 is 55.5. The summed E-state index contributed by atoms with van der Waals surface area (Å²) in [4.78, 5) is 15.0. The molecule has 11 heteroatoms. The highest BCUT2D eigenvalue weighted by Gasteiger charge is 2.33. The fourth-order valence-corrected chi connectivity index (χ4v) is 6.98. The van der Waals surface area contributed by atoms with Gasteiger partial charge in [0.2, 0.25) is 15.9 Å². The number of benzene rings is 3. The first-order valence-electron chi connectivity index (χ1n) is 11.7. The number of nitrogens with zero attached hydrogens (tertiary/aromatic N) is 3. The maximum absolute atomic E-state index is 13.5. The minimum absolute atomic E-state index is 0.0647. The Bertz CT molecular complexity index is 1470. The minimum atomic E-state index is -4.05. The molecule has 1 aliphatic heterocycles. The molecule has 0 aromatic heterocycles. The largest absolute Gasteiger partial charge is 0.338 e. The Kier molecular flexibility index (Phi) is 7.94. The van der Waals surface area contributed by atoms with Crippen LogP contribution in [0.4, 0.5) is 5.69 Å². The van der Waals surface area contributed by atoms with Crippen LogP contribution in [0.15, 0.2) is 82.6 Å². The van der Waals surface area contributed by atoms with Crippen molar-refractivity contribution in [2.45, 2.75) is 23.6 Å². The van der Waals surface area contributed by atoms with Crippen molar-refractivity contribution in [2.75, 3.05) is 37.0 Å². The summed E-state index contributed by atoms with van der Waals surface area (Å²) in [7, 11) is -7.74. The molecule has 0 spiro atoms. The van der Waals surface area contributed by atoms with Crippen LogP contribution in [0.3, 0.4) is 0 Å². The predicted octanol–water partition coefficient (Wildman–Crippen LogP) is 3.69. The van der Waals surface area contributed by atoms with Crippen molar-refractivity contribution in [3.05, 3.63) is 88.9 Å². The Hall–Kier alpha value is -2.92. The second kappa shape index (κ2) is 10.8. The van der Waals surface area contributed by atoms with E-state index in [0.29, 0.717) is 10.7 Å². The Balaban J connectivity index is 1.52. The fraction of sp³-hybridized carbons (Fsp3) is 0.269. The summed E-state index contributed by atoms with van der Waals surface area (Å²) in [6, 6.07) is 19.3. The van der Waals surface area contributed by atoms with Gasteiger partial charge in [-0.1, -0.05) is 47.0 Å². The molecule has 3 aromatic rings. The molecule has 0 N–H and O–H groups in total. The topological polar surface area (TPSA) is 95.1 Å². The van der Waals surface area contributed by atoms with Gasteiger partial charge in [0.15, 0.2) is 0 Å². The molecule has 1 amide bonds. The number of amides is 1. The van der Waals surface area contributed by atoms with E-state index in [4.69, 9.17) is 11.6 Å². The molecule has 3 aromatic carbocycles. The molecular formula is C26H28ClN3O5S2. The number of hydrogen-bond acceptors (Lipinski definition) is 5. The van der Waals surface area contributed by atoms with Gasteiger partial charge in [-0.15, -0.1) is 0 Å². The van der Waals surface area contributed by atoms with E-state index in [9.17, 15) is 21.6 Å². The lowest BCUT2D eigenvalue weighted by molar-refractivity contribution is -0.130. The Morgan fingerprint density at radius 2 is 1.24 bits per heavy atom. The van der Waals surface area contributed by atoms with E-state index < -0.39 is 32.5 Å². The van der Waals surface area contributed by atoms with Gasteiger partial charge in [0, 0.05) is 31.2 Å². The number of aryl methyl sites for hydroxylation is 2. The first kappa shape index (κ1) is 27.1. The normalized spacial score (nSPS) is 14.9. The van der Waals surface area contributed by atoms with Crippen LogP contribution in [0.1, 0.15) is 11.1 Å². The van der Waals surface area contributed by atoms with Crippen LogP contribution in [0.25, 0.3) is 0 Å². The van der Waals surface area contributed by atoms with Crippen LogP contribution >= 0.6 is 11.6 Å². The lowest BCUT2D eigenvalue weighted by atomic mass is 10.2. The van der Waals surface area contributed by atoms with Gasteiger partial charge in [0.05, 0.1) is 15.5 Å². The van der Waals surface area contributed by atoms with Gasteiger partial charge in [-0.3, -0.25) is 9.10 Å². The molecule has 1 aliphatic rings. The summed E-state index contributed by atoms with van der Waals surface area (Å²) in [6.45, 7) is 3.86. The lowest BCUT2D eigenvalue weighted by Gasteiger charge is -2.35. The Labute approximate surface area is 223 Å². The summed E-state index contributed by atoms with van der Waals surface area (Å²) >= 11 is 6.00. The molecule has 0 saturated carbocycles. The number of sulfonamides is 2. The number of piperazine rings is 1. The molecule has 0 atom stereocenters. The highest BCUT2D eigenvalue weighted by molar-refractivity contribution is 7.92. The van der Waals surface area contributed by atoms with E-state index in [0.717, 1.165) is 15.4 Å². The second-order valence-corrected chi connectivity index (χ2v) is 13.1. The third-order valence-corrected chi connectivity index (χ3v) is 10.2. The number of hydrogen-bond donors (Lipinski definition) is 0. The average Bonchev–Trinajstić information content (AvgIpc) is 2.88. The molecule has 1 heterocycles. The number of rotatable bonds is 7. The van der Waals surface area contributed by atoms with Crippen LogP contribution in [-0.4, -0.2) is 64.7 Å². The van der Waals surface area contributed by atoms with Gasteiger partial charge in [-0.2, -0.15) is 4.31 Å². The van der Waals surface area contributed by atoms with E-state index in [2.05, 4.69) is 0 Å². The minimum Gasteiger partial charge on any atom is -0.338 e. The van der Waals surface area contributed by atoms with Gasteiger partial charge in [-0.25, -0.2) is 16.8 Å². The molecule has 196 valence electrons. The lowest BCUT2D eigenvalue weighted by Crippen LogP contribution is -2.53. The van der Waals surface area contributed by atoms with Gasteiger partial charge >= 0.3 is 0 Å². The maximum Gasteiger partial charge on any atom is 0.264 e. The molecule has 1 saturated heterocycles. The van der Waals surface area contributed by atoms with Gasteiger partial charge in [-0.05, 0) is 62.4 Å². The monoisotopic (exact) mass is 561 g/mol. The van der Waals surface area contributed by atoms with E-state index in [1.54, 1.807) is 60.7 Å². The number of carbonyl (C=O) groups excluding carboxylic acids is 1. The fourth-order valence-electron chi connectivity index (χ4n) is 4.02. The standard InChI is InChI=1S/C26H28ClN3O5S2/c1-20-3-11-24(12-4-20)36(32,33)29-17-15-28(16-18-29)26(31)19-30(23-9-7-22(27)8-10-23)37(34,35)25-13-5-21(2)6-14-25/h3-14H,15-19H2,1-2H3. The van der Waals surface area contributed by atoms with Gasteiger partial charge in [0.1, 0.15) is 6.54 Å². The molecule has 0 radical (unpaired) electrons. The first-order valence-corrected chi connectivity index (χ1v) is 14.9. The average molecular weight is 562 g/mol. The van der Waals surface area contributed by atoms with Crippen molar-refractivity contribution in [1.82, 2.24) is 9.21 Å². The molecule has 8 nitrogen and oxygen atoms in total. The van der Waals surface area contributed by atoms with Crippen molar-refractivity contribution >= 4 is 43.2 Å². The molecular weight excluding hydrogens is 534 g/mol. The van der Waals surface area contributed by atoms with E-state index >= 15 is 0 Å². The van der Waals surface area contributed by atoms with Gasteiger partial charge in [0.25, 0.3) is 10.0 Å². The molecule has 0 bridgehead atoms. The molecule has 4 rings (SSSR count). The van der Waals surface area contributed by atoms with Crippen molar-refractivity contribution in [2.24, 2.45) is 0 Å². The van der Waals surface area contributed by atoms with Crippen LogP contribution in [0.2, 0.25) is 5.02 Å². The van der Waals surface area contributed by atoms with Crippen LogP contribution in [0, 0.1) is 13.8 Å². The quantitative estimate of drug-likeness (QED) is 0.438. The van der Waals surface area contributed by atoms with E-state index in [1.807, 2.05) is 13.8 Å². The summed E-state index contributed by atoms with van der Waals surface area (Å²) in [5.41, 5.74) is 2.17. The molecule has 0 aliphatic carbocycles. The van der Waals surface area contributed by atoms with Crippen molar-refractivity contribution in [1.29, 1.82) is 0 Å². The molecule has 0 unspecified atom stereocenters. The third kappa shape index (κ3) is 5.98. The van der Waals surface area contributed by atoms with Crippen molar-refractivity contribution < 1.29 is 21.6 Å².